The monoisotopic (exact) mass is 563 g/mol. The van der Waals surface area contributed by atoms with Crippen LogP contribution in [0.15, 0.2) is 78.9 Å². The van der Waals surface area contributed by atoms with Crippen molar-refractivity contribution in [2.45, 2.75) is 39.8 Å². The average Bonchev–Trinajstić information content (AvgIpc) is 3.34. The molecule has 10 heteroatoms. The summed E-state index contributed by atoms with van der Waals surface area (Å²) in [6, 6.07) is 21.0. The summed E-state index contributed by atoms with van der Waals surface area (Å²) in [7, 11) is 0. The first-order valence-electron chi connectivity index (χ1n) is 13.3. The predicted molar refractivity (Wildman–Crippen MR) is 154 cm³/mol. The molecule has 0 saturated heterocycles. The Morgan fingerprint density at radius 2 is 1.68 bits per heavy atom. The van der Waals surface area contributed by atoms with Crippen LogP contribution in [-0.2, 0) is 11.0 Å². The molecule has 0 atom stereocenters. The maximum Gasteiger partial charge on any atom is 0.416 e. The lowest BCUT2D eigenvalue weighted by Crippen LogP contribution is -2.41. The second-order valence-corrected chi connectivity index (χ2v) is 9.81. The minimum atomic E-state index is -4.54. The normalized spacial score (nSPS) is 11.3. The number of carbonyl (C=O) groups excluding carboxylic acids is 2. The highest BCUT2D eigenvalue weighted by atomic mass is 19.4. The van der Waals surface area contributed by atoms with E-state index in [1.165, 1.54) is 17.0 Å². The van der Waals surface area contributed by atoms with Gasteiger partial charge in [0.05, 0.1) is 16.9 Å². The summed E-state index contributed by atoms with van der Waals surface area (Å²) in [6.45, 7) is 5.84. The third-order valence-electron chi connectivity index (χ3n) is 6.47. The molecule has 0 aliphatic heterocycles. The van der Waals surface area contributed by atoms with Crippen LogP contribution in [0, 0.1) is 13.8 Å². The predicted octanol–water partition coefficient (Wildman–Crippen LogP) is 7.45. The number of urea groups is 1. The fourth-order valence-electron chi connectivity index (χ4n) is 4.38. The van der Waals surface area contributed by atoms with Crippen LogP contribution in [0.1, 0.15) is 36.5 Å². The summed E-state index contributed by atoms with van der Waals surface area (Å²) in [5.74, 6) is -0.0413. The Labute approximate surface area is 237 Å². The highest BCUT2D eigenvalue weighted by Crippen LogP contribution is 2.31. The van der Waals surface area contributed by atoms with Gasteiger partial charge in [-0.3, -0.25) is 4.79 Å². The van der Waals surface area contributed by atoms with Gasteiger partial charge >= 0.3 is 12.2 Å². The zero-order chi connectivity index (χ0) is 29.6. The van der Waals surface area contributed by atoms with Crippen molar-refractivity contribution in [3.8, 4) is 16.9 Å². The molecule has 2 N–H and O–H groups in total. The number of halogens is 3. The van der Waals surface area contributed by atoms with Crippen LogP contribution < -0.4 is 10.6 Å². The maximum atomic E-state index is 13.3. The molecule has 7 nitrogen and oxygen atoms in total. The van der Waals surface area contributed by atoms with E-state index < -0.39 is 23.7 Å². The molecule has 41 heavy (non-hydrogen) atoms. The van der Waals surface area contributed by atoms with Gasteiger partial charge in [0.2, 0.25) is 5.91 Å². The molecule has 1 heterocycles. The van der Waals surface area contributed by atoms with Crippen LogP contribution >= 0.6 is 0 Å². The maximum absolute atomic E-state index is 13.3. The quantitative estimate of drug-likeness (QED) is 0.222. The zero-order valence-corrected chi connectivity index (χ0v) is 23.1. The van der Waals surface area contributed by atoms with E-state index in [2.05, 4.69) is 10.6 Å². The molecule has 0 aliphatic rings. The summed E-state index contributed by atoms with van der Waals surface area (Å²) >= 11 is 0. The molecule has 3 aromatic carbocycles. The summed E-state index contributed by atoms with van der Waals surface area (Å²) in [5.41, 5.74) is 3.49. The zero-order valence-electron chi connectivity index (χ0n) is 23.1. The Morgan fingerprint density at radius 3 is 2.37 bits per heavy atom. The van der Waals surface area contributed by atoms with Crippen LogP contribution in [0.5, 0.6) is 0 Å². The van der Waals surface area contributed by atoms with E-state index in [0.717, 1.165) is 40.9 Å². The van der Waals surface area contributed by atoms with Gasteiger partial charge in [-0.05, 0) is 50.1 Å². The molecule has 4 rings (SSSR count). The van der Waals surface area contributed by atoms with E-state index in [-0.39, 0.29) is 18.8 Å². The number of nitrogens with one attached hydrogen (secondary N) is 2. The first-order valence-corrected chi connectivity index (χ1v) is 13.3. The van der Waals surface area contributed by atoms with E-state index in [4.69, 9.17) is 5.10 Å². The molecule has 3 amide bonds. The summed E-state index contributed by atoms with van der Waals surface area (Å²) in [6.07, 6.45) is -3.17. The Balaban J connectivity index is 1.57. The highest BCUT2D eigenvalue weighted by molar-refractivity contribution is 5.97. The number of nitrogens with zero attached hydrogens (tertiary/aromatic N) is 3. The van der Waals surface area contributed by atoms with Gasteiger partial charge in [-0.1, -0.05) is 67.4 Å². The second kappa shape index (κ2) is 12.7. The van der Waals surface area contributed by atoms with Crippen LogP contribution in [0.3, 0.4) is 0 Å². The number of benzene rings is 3. The molecule has 4 aromatic rings. The second-order valence-electron chi connectivity index (χ2n) is 9.81. The summed E-state index contributed by atoms with van der Waals surface area (Å²) in [5, 5.41) is 10.1. The van der Waals surface area contributed by atoms with Crippen LogP contribution in [-0.4, -0.2) is 39.7 Å². The molecule has 0 radical (unpaired) electrons. The van der Waals surface area contributed by atoms with Gasteiger partial charge < -0.3 is 15.5 Å². The smallest absolute Gasteiger partial charge is 0.315 e. The van der Waals surface area contributed by atoms with Gasteiger partial charge in [0, 0.05) is 23.9 Å². The topological polar surface area (TPSA) is 79.3 Å². The standard InChI is InChI=1S/C31H32F3N5O2/c1-4-5-16-38(30(41)35-25-13-9-12-24(18-25)31(32,33)34)20-29(40)36-28-19-26(23-10-7-6-8-11-23)37-39(28)27-15-14-21(2)17-22(27)3/h6-15,17-19H,4-5,16,20H2,1-3H3,(H,35,41)(H,36,40). The number of amides is 3. The third kappa shape index (κ3) is 7.53. The summed E-state index contributed by atoms with van der Waals surface area (Å²) in [4.78, 5) is 27.6. The number of alkyl halides is 3. The van der Waals surface area contributed by atoms with Crippen LogP contribution in [0.2, 0.25) is 0 Å². The van der Waals surface area contributed by atoms with Crippen molar-refractivity contribution in [2.24, 2.45) is 0 Å². The van der Waals surface area contributed by atoms with Crippen molar-refractivity contribution in [1.29, 1.82) is 0 Å². The van der Waals surface area contributed by atoms with Gasteiger partial charge in [0.15, 0.2) is 0 Å². The Hall–Kier alpha value is -4.60. The van der Waals surface area contributed by atoms with E-state index >= 15 is 0 Å². The fraction of sp³-hybridized carbons (Fsp3) is 0.258. The Bertz CT molecular complexity index is 1520. The van der Waals surface area contributed by atoms with Crippen molar-refractivity contribution in [3.05, 3.63) is 95.6 Å². The SMILES string of the molecule is CCCCN(CC(=O)Nc1cc(-c2ccccc2)nn1-c1ccc(C)cc1C)C(=O)Nc1cccc(C(F)(F)F)c1. The number of hydrogen-bond acceptors (Lipinski definition) is 3. The summed E-state index contributed by atoms with van der Waals surface area (Å²) < 4.78 is 41.1. The molecule has 0 saturated carbocycles. The number of aryl methyl sites for hydroxylation is 2. The van der Waals surface area contributed by atoms with Crippen molar-refractivity contribution < 1.29 is 22.8 Å². The fourth-order valence-corrected chi connectivity index (χ4v) is 4.38. The number of carbonyl (C=O) groups is 2. The lowest BCUT2D eigenvalue weighted by molar-refractivity contribution is -0.137. The van der Waals surface area contributed by atoms with Gasteiger partial charge in [0.1, 0.15) is 12.4 Å². The lowest BCUT2D eigenvalue weighted by atomic mass is 10.1. The third-order valence-corrected chi connectivity index (χ3v) is 6.47. The van der Waals surface area contributed by atoms with Gasteiger partial charge in [-0.25, -0.2) is 9.48 Å². The average molecular weight is 564 g/mol. The lowest BCUT2D eigenvalue weighted by Gasteiger charge is -2.23. The van der Waals surface area contributed by atoms with Gasteiger partial charge in [-0.15, -0.1) is 0 Å². The van der Waals surface area contributed by atoms with Crippen molar-refractivity contribution in [1.82, 2.24) is 14.7 Å². The molecule has 0 aliphatic carbocycles. The first-order chi connectivity index (χ1) is 19.5. The van der Waals surface area contributed by atoms with Gasteiger partial charge in [-0.2, -0.15) is 18.3 Å². The van der Waals surface area contributed by atoms with E-state index in [0.29, 0.717) is 17.9 Å². The molecule has 1 aromatic heterocycles. The van der Waals surface area contributed by atoms with Crippen molar-refractivity contribution in [2.75, 3.05) is 23.7 Å². The van der Waals surface area contributed by atoms with Crippen LogP contribution in [0.25, 0.3) is 16.9 Å². The Kier molecular flexibility index (Phi) is 9.11. The number of anilines is 2. The number of hydrogen-bond donors (Lipinski definition) is 2. The number of unbranched alkanes of at least 4 members (excludes halogenated alkanes) is 1. The molecular formula is C31H32F3N5O2. The van der Waals surface area contributed by atoms with Crippen LogP contribution in [0.4, 0.5) is 29.5 Å². The minimum absolute atomic E-state index is 0.00726. The molecule has 0 unspecified atom stereocenters. The highest BCUT2D eigenvalue weighted by Gasteiger charge is 2.30. The van der Waals surface area contributed by atoms with E-state index in [1.807, 2.05) is 69.3 Å². The largest absolute Gasteiger partial charge is 0.416 e. The van der Waals surface area contributed by atoms with E-state index in [9.17, 15) is 22.8 Å². The molecule has 0 bridgehead atoms. The molecule has 0 spiro atoms. The Morgan fingerprint density at radius 1 is 0.927 bits per heavy atom. The minimum Gasteiger partial charge on any atom is -0.315 e. The number of rotatable bonds is 9. The van der Waals surface area contributed by atoms with E-state index in [1.54, 1.807) is 10.7 Å². The van der Waals surface area contributed by atoms with Crippen molar-refractivity contribution in [3.63, 3.8) is 0 Å². The first kappa shape index (κ1) is 29.4. The molecular weight excluding hydrogens is 531 g/mol. The van der Waals surface area contributed by atoms with Crippen molar-refractivity contribution >= 4 is 23.4 Å². The molecule has 214 valence electrons. The number of aromatic nitrogens is 2. The van der Waals surface area contributed by atoms with Gasteiger partial charge in [0.25, 0.3) is 0 Å². The molecule has 0 fully saturated rings.